The van der Waals surface area contributed by atoms with Crippen LogP contribution in [-0.2, 0) is 9.84 Å². The van der Waals surface area contributed by atoms with Crippen molar-refractivity contribution < 1.29 is 8.42 Å². The van der Waals surface area contributed by atoms with Crippen molar-refractivity contribution >= 4 is 21.6 Å². The van der Waals surface area contributed by atoms with Crippen LogP contribution in [0, 0.1) is 10.7 Å². The van der Waals surface area contributed by atoms with Gasteiger partial charge < -0.3 is 0 Å². The first-order valence-corrected chi connectivity index (χ1v) is 5.19. The number of sulfone groups is 1. The molecule has 1 unspecified atom stereocenters. The van der Waals surface area contributed by atoms with Crippen molar-refractivity contribution in [3.63, 3.8) is 0 Å². The van der Waals surface area contributed by atoms with Gasteiger partial charge in [0, 0.05) is 5.75 Å². The maximum absolute atomic E-state index is 10.8. The first kappa shape index (κ1) is 7.63. The van der Waals surface area contributed by atoms with E-state index in [1.165, 1.54) is 17.2 Å². The minimum Gasteiger partial charge on any atom is -0.213 e. The summed E-state index contributed by atoms with van der Waals surface area (Å²) in [6, 6.07) is 0. The van der Waals surface area contributed by atoms with Crippen molar-refractivity contribution in [2.45, 2.75) is 5.25 Å². The molecule has 1 heterocycles. The molecule has 0 aliphatic carbocycles. The molecule has 1 aliphatic heterocycles. The van der Waals surface area contributed by atoms with Crippen LogP contribution in [0.25, 0.3) is 0 Å². The summed E-state index contributed by atoms with van der Waals surface area (Å²) in [4.78, 5) is 0. The Morgan fingerprint density at radius 2 is 2.40 bits per heavy atom. The second-order valence-corrected chi connectivity index (χ2v) is 4.65. The van der Waals surface area contributed by atoms with Crippen molar-refractivity contribution in [3.05, 3.63) is 11.5 Å². The zero-order chi connectivity index (χ0) is 7.61. The van der Waals surface area contributed by atoms with Gasteiger partial charge in [0.15, 0.2) is 5.40 Å². The Bertz CT molecular complexity index is 285. The molecule has 3 nitrogen and oxygen atoms in total. The quantitative estimate of drug-likeness (QED) is 0.430. The molecule has 10 heavy (non-hydrogen) atoms. The van der Waals surface area contributed by atoms with Gasteiger partial charge in [0.25, 0.3) is 0 Å². The monoisotopic (exact) mass is 175 g/mol. The molecule has 0 aromatic carbocycles. The van der Waals surface area contributed by atoms with Gasteiger partial charge in [0.1, 0.15) is 5.25 Å². The third-order valence-corrected chi connectivity index (χ3v) is 3.66. The lowest BCUT2D eigenvalue weighted by Gasteiger charge is -1.97. The summed E-state index contributed by atoms with van der Waals surface area (Å²) in [6.07, 6.45) is 1.54. The molecular weight excluding hydrogens is 170 g/mol. The number of nitriles is 1. The SMILES string of the molecule is N#CS(=O)(=O)C1C=CSC1. The van der Waals surface area contributed by atoms with E-state index < -0.39 is 15.1 Å². The van der Waals surface area contributed by atoms with E-state index in [1.54, 1.807) is 11.5 Å². The van der Waals surface area contributed by atoms with Crippen molar-refractivity contribution in [2.24, 2.45) is 0 Å². The first-order chi connectivity index (χ1) is 4.67. The van der Waals surface area contributed by atoms with Gasteiger partial charge in [0.2, 0.25) is 9.84 Å². The van der Waals surface area contributed by atoms with Crippen LogP contribution in [0.4, 0.5) is 0 Å². The summed E-state index contributed by atoms with van der Waals surface area (Å²) < 4.78 is 21.6. The van der Waals surface area contributed by atoms with E-state index in [-0.39, 0.29) is 0 Å². The molecule has 0 spiro atoms. The predicted molar refractivity (Wildman–Crippen MR) is 39.9 cm³/mol. The second-order valence-electron chi connectivity index (χ2n) is 1.84. The zero-order valence-corrected chi connectivity index (χ0v) is 6.65. The Labute approximate surface area is 63.6 Å². The van der Waals surface area contributed by atoms with Gasteiger partial charge in [-0.25, -0.2) is 8.42 Å². The number of thioether (sulfide) groups is 1. The second kappa shape index (κ2) is 2.64. The van der Waals surface area contributed by atoms with Crippen LogP contribution in [0.5, 0.6) is 0 Å². The van der Waals surface area contributed by atoms with Crippen LogP contribution in [-0.4, -0.2) is 19.4 Å². The fourth-order valence-corrected chi connectivity index (χ4v) is 2.80. The van der Waals surface area contributed by atoms with Gasteiger partial charge in [-0.15, -0.1) is 11.8 Å². The Hall–Kier alpha value is -0.470. The lowest BCUT2D eigenvalue weighted by atomic mass is 10.5. The first-order valence-electron chi connectivity index (χ1n) is 2.60. The predicted octanol–water partition coefficient (Wildman–Crippen LogP) is 0.511. The normalized spacial score (nSPS) is 24.5. The van der Waals surface area contributed by atoms with E-state index >= 15 is 0 Å². The molecular formula is C5H5NO2S2. The lowest BCUT2D eigenvalue weighted by molar-refractivity contribution is 0.602. The van der Waals surface area contributed by atoms with E-state index in [9.17, 15) is 8.42 Å². The highest BCUT2D eigenvalue weighted by atomic mass is 32.2. The van der Waals surface area contributed by atoms with Crippen molar-refractivity contribution in [2.75, 3.05) is 5.75 Å². The molecule has 0 fully saturated rings. The molecule has 0 aromatic rings. The molecule has 54 valence electrons. The highest BCUT2D eigenvalue weighted by Crippen LogP contribution is 2.20. The Balaban J connectivity index is 2.87. The van der Waals surface area contributed by atoms with Crippen LogP contribution in [0.15, 0.2) is 11.5 Å². The molecule has 1 aliphatic rings. The molecule has 0 amide bonds. The average Bonchev–Trinajstić information content (AvgIpc) is 2.38. The van der Waals surface area contributed by atoms with Gasteiger partial charge in [-0.2, -0.15) is 5.26 Å². The molecule has 0 saturated carbocycles. The summed E-state index contributed by atoms with van der Waals surface area (Å²) in [6.45, 7) is 0. The minimum absolute atomic E-state index is 0.482. The average molecular weight is 175 g/mol. The number of nitrogens with zero attached hydrogens (tertiary/aromatic N) is 1. The van der Waals surface area contributed by atoms with Gasteiger partial charge in [0.05, 0.1) is 0 Å². The van der Waals surface area contributed by atoms with Crippen molar-refractivity contribution in [1.29, 1.82) is 5.26 Å². The fourth-order valence-electron chi connectivity index (χ4n) is 0.610. The van der Waals surface area contributed by atoms with Gasteiger partial charge in [-0.1, -0.05) is 6.08 Å². The van der Waals surface area contributed by atoms with Crippen LogP contribution >= 0.6 is 11.8 Å². The Morgan fingerprint density at radius 1 is 1.70 bits per heavy atom. The molecule has 0 radical (unpaired) electrons. The van der Waals surface area contributed by atoms with Gasteiger partial charge in [-0.3, -0.25) is 0 Å². The van der Waals surface area contributed by atoms with Gasteiger partial charge >= 0.3 is 0 Å². The van der Waals surface area contributed by atoms with E-state index in [4.69, 9.17) is 5.26 Å². The minimum atomic E-state index is -3.50. The van der Waals surface area contributed by atoms with Gasteiger partial charge in [-0.05, 0) is 5.41 Å². The largest absolute Gasteiger partial charge is 0.248 e. The molecule has 1 atom stereocenters. The standard InChI is InChI=1S/C5H5NO2S2/c6-4-10(7,8)5-1-2-9-3-5/h1-2,5H,3H2. The molecule has 0 N–H and O–H groups in total. The van der Waals surface area contributed by atoms with E-state index in [0.717, 1.165) is 0 Å². The van der Waals surface area contributed by atoms with E-state index in [2.05, 4.69) is 0 Å². The lowest BCUT2D eigenvalue weighted by Crippen LogP contribution is -2.16. The summed E-state index contributed by atoms with van der Waals surface area (Å²) in [5, 5.41) is 10.6. The number of hydrogen-bond donors (Lipinski definition) is 0. The van der Waals surface area contributed by atoms with Crippen molar-refractivity contribution in [3.8, 4) is 5.40 Å². The van der Waals surface area contributed by atoms with E-state index in [0.29, 0.717) is 5.75 Å². The number of thiocyanates is 1. The molecule has 0 saturated heterocycles. The Kier molecular flexibility index (Phi) is 2.02. The molecule has 0 aromatic heterocycles. The van der Waals surface area contributed by atoms with Crippen LogP contribution in [0.2, 0.25) is 0 Å². The summed E-state index contributed by atoms with van der Waals surface area (Å²) in [5.74, 6) is 0.482. The fraction of sp³-hybridized carbons (Fsp3) is 0.400. The zero-order valence-electron chi connectivity index (χ0n) is 5.02. The van der Waals surface area contributed by atoms with Crippen LogP contribution in [0.3, 0.4) is 0 Å². The van der Waals surface area contributed by atoms with Crippen LogP contribution in [0.1, 0.15) is 0 Å². The molecule has 1 rings (SSSR count). The molecule has 5 heteroatoms. The highest BCUT2D eigenvalue weighted by Gasteiger charge is 2.24. The maximum Gasteiger partial charge on any atom is 0.248 e. The van der Waals surface area contributed by atoms with E-state index in [1.807, 2.05) is 0 Å². The summed E-state index contributed by atoms with van der Waals surface area (Å²) >= 11 is 1.41. The topological polar surface area (TPSA) is 57.9 Å². The highest BCUT2D eigenvalue weighted by molar-refractivity contribution is 8.04. The van der Waals surface area contributed by atoms with Crippen molar-refractivity contribution in [1.82, 2.24) is 0 Å². The number of rotatable bonds is 1. The molecule has 0 bridgehead atoms. The third kappa shape index (κ3) is 1.33. The third-order valence-electron chi connectivity index (χ3n) is 1.18. The smallest absolute Gasteiger partial charge is 0.213 e. The van der Waals surface area contributed by atoms with Crippen LogP contribution < -0.4 is 0 Å². The summed E-state index contributed by atoms with van der Waals surface area (Å²) in [5.41, 5.74) is 0. The summed E-state index contributed by atoms with van der Waals surface area (Å²) in [7, 11) is -3.50. The number of hydrogen-bond acceptors (Lipinski definition) is 4. The maximum atomic E-state index is 10.8. The Morgan fingerprint density at radius 3 is 2.80 bits per heavy atom.